The molecule has 29 heavy (non-hydrogen) atoms. The van der Waals surface area contributed by atoms with Crippen LogP contribution in [0.3, 0.4) is 0 Å². The van der Waals surface area contributed by atoms with Gasteiger partial charge in [-0.15, -0.1) is 0 Å². The van der Waals surface area contributed by atoms with Gasteiger partial charge in [0.1, 0.15) is 0 Å². The van der Waals surface area contributed by atoms with Crippen molar-refractivity contribution >= 4 is 43.8 Å². The molecule has 0 atom stereocenters. The second-order valence-corrected chi connectivity index (χ2v) is 8.97. The fourth-order valence-corrected chi connectivity index (χ4v) is 3.97. The summed E-state index contributed by atoms with van der Waals surface area (Å²) in [6.45, 7) is 0. The number of sulfonamides is 1. The molecular weight excluding hydrogens is 454 g/mol. The zero-order valence-electron chi connectivity index (χ0n) is 15.5. The van der Waals surface area contributed by atoms with E-state index in [0.717, 1.165) is 10.0 Å². The topological polar surface area (TPSA) is 78.8 Å². The number of nitrogens with zero attached hydrogens (tertiary/aromatic N) is 2. The molecule has 0 spiro atoms. The van der Waals surface area contributed by atoms with E-state index in [4.69, 9.17) is 0 Å². The molecule has 6 nitrogen and oxygen atoms in total. The molecule has 0 radical (unpaired) electrons. The maximum atomic E-state index is 12.7. The first-order chi connectivity index (χ1) is 13.9. The highest BCUT2D eigenvalue weighted by Crippen LogP contribution is 2.22. The number of carbonyl (C=O) groups excluding carboxylic acids is 1. The third kappa shape index (κ3) is 5.10. The molecule has 148 valence electrons. The number of hydrogen-bond acceptors (Lipinski definition) is 4. The van der Waals surface area contributed by atoms with Crippen LogP contribution >= 0.6 is 15.9 Å². The summed E-state index contributed by atoms with van der Waals surface area (Å²) >= 11 is 3.35. The average Bonchev–Trinajstić information content (AvgIpc) is 2.75. The Kier molecular flexibility index (Phi) is 6.46. The normalized spacial score (nSPS) is 11.4. The van der Waals surface area contributed by atoms with E-state index in [1.165, 1.54) is 23.5 Å². The van der Waals surface area contributed by atoms with Crippen molar-refractivity contribution in [3.05, 3.63) is 94.5 Å². The van der Waals surface area contributed by atoms with Crippen molar-refractivity contribution in [2.75, 3.05) is 11.4 Å². The van der Waals surface area contributed by atoms with Gasteiger partial charge in [-0.1, -0.05) is 46.3 Å². The van der Waals surface area contributed by atoms with Crippen LogP contribution in [-0.2, 0) is 10.0 Å². The standard InChI is InChI=1S/C21H18BrN3O3S/c1-25(29(27,28)20-5-3-2-4-6-20)19-13-9-17(10-14-19)21(26)24-23-15-16-7-11-18(22)12-8-16/h2-15H,1H3,(H,24,26)/b23-15-. The molecule has 0 aliphatic carbocycles. The molecule has 0 aliphatic rings. The van der Waals surface area contributed by atoms with E-state index in [-0.39, 0.29) is 4.90 Å². The van der Waals surface area contributed by atoms with E-state index in [2.05, 4.69) is 26.5 Å². The van der Waals surface area contributed by atoms with Gasteiger partial charge < -0.3 is 0 Å². The fourth-order valence-electron chi connectivity index (χ4n) is 2.49. The molecule has 8 heteroatoms. The predicted octanol–water partition coefficient (Wildman–Crippen LogP) is 4.04. The Morgan fingerprint density at radius 1 is 0.966 bits per heavy atom. The summed E-state index contributed by atoms with van der Waals surface area (Å²) in [4.78, 5) is 12.4. The molecule has 3 rings (SSSR count). The minimum atomic E-state index is -3.67. The summed E-state index contributed by atoms with van der Waals surface area (Å²) in [7, 11) is -2.19. The van der Waals surface area contributed by atoms with Crippen LogP contribution in [0, 0.1) is 0 Å². The van der Waals surface area contributed by atoms with Gasteiger partial charge >= 0.3 is 0 Å². The molecule has 1 N–H and O–H groups in total. The lowest BCUT2D eigenvalue weighted by Crippen LogP contribution is -2.26. The number of halogens is 1. The van der Waals surface area contributed by atoms with Gasteiger partial charge in [-0.2, -0.15) is 5.10 Å². The molecule has 0 saturated carbocycles. The first-order valence-corrected chi connectivity index (χ1v) is 10.8. The van der Waals surface area contributed by atoms with Crippen LogP contribution in [0.4, 0.5) is 5.69 Å². The monoisotopic (exact) mass is 471 g/mol. The van der Waals surface area contributed by atoms with E-state index < -0.39 is 15.9 Å². The number of anilines is 1. The molecule has 0 bridgehead atoms. The minimum Gasteiger partial charge on any atom is -0.269 e. The smallest absolute Gasteiger partial charge is 0.269 e. The van der Waals surface area contributed by atoms with Crippen LogP contribution < -0.4 is 9.73 Å². The Balaban J connectivity index is 1.67. The molecule has 0 fully saturated rings. The quantitative estimate of drug-likeness (QED) is 0.435. The van der Waals surface area contributed by atoms with Gasteiger partial charge in [-0.05, 0) is 54.1 Å². The SMILES string of the molecule is CN(c1ccc(C(=O)N/N=C\c2ccc(Br)cc2)cc1)S(=O)(=O)c1ccccc1. The van der Waals surface area contributed by atoms with Crippen LogP contribution in [0.5, 0.6) is 0 Å². The lowest BCUT2D eigenvalue weighted by Gasteiger charge is -2.19. The van der Waals surface area contributed by atoms with Gasteiger partial charge in [0.25, 0.3) is 15.9 Å². The summed E-state index contributed by atoms with van der Waals surface area (Å²) < 4.78 is 27.5. The largest absolute Gasteiger partial charge is 0.271 e. The van der Waals surface area contributed by atoms with Crippen LogP contribution in [0.2, 0.25) is 0 Å². The molecule has 3 aromatic carbocycles. The number of nitrogens with one attached hydrogen (secondary N) is 1. The maximum Gasteiger partial charge on any atom is 0.271 e. The first-order valence-electron chi connectivity index (χ1n) is 8.61. The van der Waals surface area contributed by atoms with E-state index >= 15 is 0 Å². The molecule has 0 unspecified atom stereocenters. The summed E-state index contributed by atoms with van der Waals surface area (Å²) in [5.41, 5.74) is 4.11. The van der Waals surface area contributed by atoms with Crippen molar-refractivity contribution in [2.45, 2.75) is 4.90 Å². The molecule has 0 saturated heterocycles. The van der Waals surface area contributed by atoms with E-state index in [1.807, 2.05) is 24.3 Å². The maximum absolute atomic E-state index is 12.7. The van der Waals surface area contributed by atoms with Gasteiger partial charge in [0.2, 0.25) is 0 Å². The lowest BCUT2D eigenvalue weighted by molar-refractivity contribution is 0.0955. The van der Waals surface area contributed by atoms with Crippen LogP contribution in [0.25, 0.3) is 0 Å². The first kappa shape index (κ1) is 20.8. The van der Waals surface area contributed by atoms with E-state index in [9.17, 15) is 13.2 Å². The van der Waals surface area contributed by atoms with Gasteiger partial charge in [-0.25, -0.2) is 13.8 Å². The van der Waals surface area contributed by atoms with Crippen molar-refractivity contribution in [3.8, 4) is 0 Å². The Bertz CT molecular complexity index is 1110. The summed E-state index contributed by atoms with van der Waals surface area (Å²) in [6, 6.07) is 21.9. The van der Waals surface area contributed by atoms with Crippen molar-refractivity contribution in [1.29, 1.82) is 0 Å². The lowest BCUT2D eigenvalue weighted by atomic mass is 10.2. The second-order valence-electron chi connectivity index (χ2n) is 6.08. The molecule has 0 aromatic heterocycles. The zero-order valence-corrected chi connectivity index (χ0v) is 17.9. The predicted molar refractivity (Wildman–Crippen MR) is 118 cm³/mol. The van der Waals surface area contributed by atoms with E-state index in [1.54, 1.807) is 48.7 Å². The number of hydrazone groups is 1. The van der Waals surface area contributed by atoms with Crippen molar-refractivity contribution in [2.24, 2.45) is 5.10 Å². The van der Waals surface area contributed by atoms with Crippen LogP contribution in [0.15, 0.2) is 93.3 Å². The number of benzene rings is 3. The van der Waals surface area contributed by atoms with Crippen molar-refractivity contribution < 1.29 is 13.2 Å². The van der Waals surface area contributed by atoms with Gasteiger partial charge in [0.15, 0.2) is 0 Å². The van der Waals surface area contributed by atoms with Crippen molar-refractivity contribution in [1.82, 2.24) is 5.43 Å². The number of carbonyl (C=O) groups is 1. The second kappa shape index (κ2) is 9.02. The average molecular weight is 472 g/mol. The fraction of sp³-hybridized carbons (Fsp3) is 0.0476. The summed E-state index contributed by atoms with van der Waals surface area (Å²) in [5.74, 6) is -0.390. The number of amides is 1. The van der Waals surface area contributed by atoms with Crippen molar-refractivity contribution in [3.63, 3.8) is 0 Å². The highest BCUT2D eigenvalue weighted by atomic mass is 79.9. The third-order valence-corrected chi connectivity index (χ3v) is 6.47. The van der Waals surface area contributed by atoms with E-state index in [0.29, 0.717) is 11.3 Å². The Labute approximate surface area is 178 Å². The van der Waals surface area contributed by atoms with Gasteiger partial charge in [-0.3, -0.25) is 9.10 Å². The molecule has 3 aromatic rings. The zero-order chi connectivity index (χ0) is 20.9. The Hall–Kier alpha value is -2.97. The molecule has 1 amide bonds. The Morgan fingerprint density at radius 3 is 2.21 bits per heavy atom. The number of hydrogen-bond donors (Lipinski definition) is 1. The number of rotatable bonds is 6. The van der Waals surface area contributed by atoms with Crippen LogP contribution in [0.1, 0.15) is 15.9 Å². The minimum absolute atomic E-state index is 0.201. The summed E-state index contributed by atoms with van der Waals surface area (Å²) in [5, 5.41) is 3.94. The van der Waals surface area contributed by atoms with Crippen LogP contribution in [-0.4, -0.2) is 27.6 Å². The Morgan fingerprint density at radius 2 is 1.59 bits per heavy atom. The highest BCUT2D eigenvalue weighted by molar-refractivity contribution is 9.10. The molecular formula is C21H18BrN3O3S. The third-order valence-electron chi connectivity index (χ3n) is 4.14. The summed E-state index contributed by atoms with van der Waals surface area (Å²) in [6.07, 6.45) is 1.54. The molecule has 0 aliphatic heterocycles. The highest BCUT2D eigenvalue weighted by Gasteiger charge is 2.21. The molecule has 0 heterocycles. The van der Waals surface area contributed by atoms with Gasteiger partial charge in [0, 0.05) is 17.1 Å². The van der Waals surface area contributed by atoms with Gasteiger partial charge in [0.05, 0.1) is 16.8 Å².